The van der Waals surface area contributed by atoms with E-state index in [4.69, 9.17) is 0 Å². The number of fused-ring (bicyclic) bond motifs is 1. The van der Waals surface area contributed by atoms with Gasteiger partial charge in [0.2, 0.25) is 10.0 Å². The van der Waals surface area contributed by atoms with E-state index in [2.05, 4.69) is 42.3 Å². The molecule has 0 saturated heterocycles. The molecular weight excluding hydrogens is 358 g/mol. The number of anilines is 1. The molecule has 1 heterocycles. The second kappa shape index (κ2) is 7.09. The van der Waals surface area contributed by atoms with Crippen LogP contribution in [0.3, 0.4) is 0 Å². The predicted octanol–water partition coefficient (Wildman–Crippen LogP) is 4.69. The largest absolute Gasteiger partial charge is 0.344 e. The Morgan fingerprint density at radius 1 is 1.15 bits per heavy atom. The van der Waals surface area contributed by atoms with Crippen molar-refractivity contribution >= 4 is 26.6 Å². The van der Waals surface area contributed by atoms with Crippen LogP contribution in [0.25, 0.3) is 22.0 Å². The van der Waals surface area contributed by atoms with Gasteiger partial charge in [-0.25, -0.2) is 8.42 Å². The zero-order valence-electron chi connectivity index (χ0n) is 15.9. The maximum Gasteiger partial charge on any atom is 0.229 e. The Labute approximate surface area is 160 Å². The van der Waals surface area contributed by atoms with Crippen LogP contribution in [-0.2, 0) is 16.4 Å². The molecule has 0 radical (unpaired) electrons. The highest BCUT2D eigenvalue weighted by molar-refractivity contribution is 7.92. The van der Waals surface area contributed by atoms with Gasteiger partial charge in [-0.05, 0) is 55.7 Å². The summed E-state index contributed by atoms with van der Waals surface area (Å²) in [6.07, 6.45) is 4.08. The molecule has 1 N–H and O–H groups in total. The van der Waals surface area contributed by atoms with E-state index in [9.17, 15) is 13.7 Å². The van der Waals surface area contributed by atoms with Crippen molar-refractivity contribution in [1.29, 1.82) is 5.26 Å². The first-order chi connectivity index (χ1) is 12.7. The number of nitriles is 1. The number of hydrogen-bond donors (Lipinski definition) is 1. The highest BCUT2D eigenvalue weighted by Crippen LogP contribution is 2.36. The topological polar surface area (TPSA) is 74.9 Å². The van der Waals surface area contributed by atoms with Gasteiger partial charge in [0.15, 0.2) is 0 Å². The Morgan fingerprint density at radius 3 is 2.48 bits per heavy atom. The van der Waals surface area contributed by atoms with Crippen LogP contribution in [0.15, 0.2) is 42.6 Å². The van der Waals surface area contributed by atoms with Gasteiger partial charge >= 0.3 is 0 Å². The van der Waals surface area contributed by atoms with E-state index in [1.165, 1.54) is 0 Å². The Hall–Kier alpha value is -2.78. The first kappa shape index (κ1) is 19.0. The lowest BCUT2D eigenvalue weighted by Crippen LogP contribution is -2.09. The van der Waals surface area contributed by atoms with Crippen LogP contribution in [0, 0.1) is 11.3 Å². The van der Waals surface area contributed by atoms with Gasteiger partial charge in [0.25, 0.3) is 0 Å². The van der Waals surface area contributed by atoms with Crippen LogP contribution < -0.4 is 4.72 Å². The fraction of sp³-hybridized carbons (Fsp3) is 0.286. The molecule has 140 valence electrons. The van der Waals surface area contributed by atoms with E-state index in [0.29, 0.717) is 11.3 Å². The van der Waals surface area contributed by atoms with Gasteiger partial charge in [-0.2, -0.15) is 5.26 Å². The monoisotopic (exact) mass is 381 g/mol. The second-order valence-electron chi connectivity index (χ2n) is 6.99. The summed E-state index contributed by atoms with van der Waals surface area (Å²) in [7, 11) is -3.33. The number of sulfonamides is 1. The summed E-state index contributed by atoms with van der Waals surface area (Å²) in [4.78, 5) is 0. The van der Waals surface area contributed by atoms with Crippen molar-refractivity contribution in [2.24, 2.45) is 0 Å². The third kappa shape index (κ3) is 3.83. The van der Waals surface area contributed by atoms with Crippen LogP contribution in [0.4, 0.5) is 5.69 Å². The highest BCUT2D eigenvalue weighted by Gasteiger charge is 2.16. The van der Waals surface area contributed by atoms with Crippen LogP contribution in [0.1, 0.15) is 37.9 Å². The molecule has 6 heteroatoms. The quantitative estimate of drug-likeness (QED) is 0.696. The SMILES string of the molecule is CCc1cc(C#N)ccc1-c1cn(C(C)C)c2cc(NS(C)(=O)=O)ccc12. The Balaban J connectivity index is 2.25. The van der Waals surface area contributed by atoms with Crippen molar-refractivity contribution in [3.8, 4) is 17.2 Å². The fourth-order valence-electron chi connectivity index (χ4n) is 3.39. The minimum atomic E-state index is -3.33. The first-order valence-electron chi connectivity index (χ1n) is 8.89. The third-order valence-electron chi connectivity index (χ3n) is 4.60. The molecular formula is C21H23N3O2S. The maximum atomic E-state index is 11.6. The summed E-state index contributed by atoms with van der Waals surface area (Å²) in [6, 6.07) is 13.8. The van der Waals surface area contributed by atoms with Gasteiger partial charge in [-0.1, -0.05) is 19.1 Å². The summed E-state index contributed by atoms with van der Waals surface area (Å²) in [6.45, 7) is 6.27. The fourth-order valence-corrected chi connectivity index (χ4v) is 3.94. The summed E-state index contributed by atoms with van der Waals surface area (Å²) in [5.41, 5.74) is 5.49. The highest BCUT2D eigenvalue weighted by atomic mass is 32.2. The normalized spacial score (nSPS) is 11.7. The van der Waals surface area contributed by atoms with Gasteiger partial charge in [0.1, 0.15) is 0 Å². The lowest BCUT2D eigenvalue weighted by molar-refractivity contribution is 0.607. The van der Waals surface area contributed by atoms with E-state index in [0.717, 1.165) is 40.3 Å². The molecule has 0 unspecified atom stereocenters. The molecule has 3 aromatic rings. The number of aromatic nitrogens is 1. The van der Waals surface area contributed by atoms with Crippen molar-refractivity contribution < 1.29 is 8.42 Å². The van der Waals surface area contributed by atoms with Gasteiger partial charge < -0.3 is 4.57 Å². The summed E-state index contributed by atoms with van der Waals surface area (Å²) < 4.78 is 27.9. The van der Waals surface area contributed by atoms with Gasteiger partial charge in [0.05, 0.1) is 29.1 Å². The molecule has 0 amide bonds. The zero-order valence-corrected chi connectivity index (χ0v) is 16.8. The molecule has 0 saturated carbocycles. The number of benzene rings is 2. The Kier molecular flexibility index (Phi) is 4.99. The lowest BCUT2D eigenvalue weighted by Gasteiger charge is -2.10. The van der Waals surface area contributed by atoms with Crippen molar-refractivity contribution in [3.05, 3.63) is 53.7 Å². The summed E-state index contributed by atoms with van der Waals surface area (Å²) >= 11 is 0. The molecule has 0 aliphatic heterocycles. The molecule has 0 fully saturated rings. The molecule has 0 spiro atoms. The van der Waals surface area contributed by atoms with E-state index in [1.807, 2.05) is 30.3 Å². The number of nitrogens with zero attached hydrogens (tertiary/aromatic N) is 2. The molecule has 0 bridgehead atoms. The second-order valence-corrected chi connectivity index (χ2v) is 8.74. The molecule has 0 aliphatic rings. The smallest absolute Gasteiger partial charge is 0.229 e. The minimum Gasteiger partial charge on any atom is -0.344 e. The van der Waals surface area contributed by atoms with Crippen LogP contribution >= 0.6 is 0 Å². The zero-order chi connectivity index (χ0) is 19.8. The van der Waals surface area contributed by atoms with E-state index >= 15 is 0 Å². The number of aryl methyl sites for hydroxylation is 1. The minimum absolute atomic E-state index is 0.221. The Morgan fingerprint density at radius 2 is 1.89 bits per heavy atom. The molecule has 0 aliphatic carbocycles. The van der Waals surface area contributed by atoms with Crippen LogP contribution in [0.2, 0.25) is 0 Å². The van der Waals surface area contributed by atoms with Gasteiger partial charge in [-0.15, -0.1) is 0 Å². The van der Waals surface area contributed by atoms with Gasteiger partial charge in [0, 0.05) is 23.2 Å². The lowest BCUT2D eigenvalue weighted by atomic mass is 9.96. The maximum absolute atomic E-state index is 11.6. The summed E-state index contributed by atoms with van der Waals surface area (Å²) in [5, 5.41) is 10.2. The van der Waals surface area contributed by atoms with Crippen molar-refractivity contribution in [1.82, 2.24) is 4.57 Å². The number of hydrogen-bond acceptors (Lipinski definition) is 3. The first-order valence-corrected chi connectivity index (χ1v) is 10.8. The van der Waals surface area contributed by atoms with Gasteiger partial charge in [-0.3, -0.25) is 4.72 Å². The molecule has 0 atom stereocenters. The summed E-state index contributed by atoms with van der Waals surface area (Å²) in [5.74, 6) is 0. The van der Waals surface area contributed by atoms with Crippen molar-refractivity contribution in [2.75, 3.05) is 11.0 Å². The average Bonchev–Trinajstić information content (AvgIpc) is 2.98. The molecule has 1 aromatic heterocycles. The van der Waals surface area contributed by atoms with Crippen molar-refractivity contribution in [2.45, 2.75) is 33.2 Å². The van der Waals surface area contributed by atoms with Crippen molar-refractivity contribution in [3.63, 3.8) is 0 Å². The third-order valence-corrected chi connectivity index (χ3v) is 5.21. The Bertz CT molecular complexity index is 1150. The molecule has 2 aromatic carbocycles. The molecule has 27 heavy (non-hydrogen) atoms. The van der Waals surface area contributed by atoms with E-state index in [-0.39, 0.29) is 6.04 Å². The standard InChI is InChI=1S/C21H23N3O2S/c1-5-16-10-15(12-22)6-8-18(16)20-13-24(14(2)3)21-11-17(7-9-19(20)21)23-27(4,25)26/h6-11,13-14,23H,5H2,1-4H3. The predicted molar refractivity (Wildman–Crippen MR) is 110 cm³/mol. The molecule has 5 nitrogen and oxygen atoms in total. The average molecular weight is 382 g/mol. The van der Waals surface area contributed by atoms with E-state index in [1.54, 1.807) is 6.07 Å². The van der Waals surface area contributed by atoms with Crippen LogP contribution in [0.5, 0.6) is 0 Å². The van der Waals surface area contributed by atoms with Crippen LogP contribution in [-0.4, -0.2) is 19.2 Å². The number of nitrogens with one attached hydrogen (secondary N) is 1. The van der Waals surface area contributed by atoms with E-state index < -0.39 is 10.0 Å². The number of rotatable bonds is 5. The molecule has 3 rings (SSSR count).